The summed E-state index contributed by atoms with van der Waals surface area (Å²) in [6.07, 6.45) is 1.50. The first kappa shape index (κ1) is 10.0. The molecule has 3 nitrogen and oxygen atoms in total. The van der Waals surface area contributed by atoms with Crippen molar-refractivity contribution in [2.24, 2.45) is 0 Å². The minimum absolute atomic E-state index is 0.324. The highest BCUT2D eigenvalue weighted by Gasteiger charge is 1.97. The molecular weight excluding hydrogens is 255 g/mol. The number of pyridine rings is 1. The molecule has 0 spiro atoms. The Kier molecular flexibility index (Phi) is 3.74. The van der Waals surface area contributed by atoms with Crippen LogP contribution in [0.25, 0.3) is 0 Å². The number of amides is 1. The van der Waals surface area contributed by atoms with E-state index >= 15 is 0 Å². The summed E-state index contributed by atoms with van der Waals surface area (Å²) in [7, 11) is 0. The zero-order valence-corrected chi connectivity index (χ0v) is 8.69. The number of rotatable bonds is 1. The van der Waals surface area contributed by atoms with Crippen LogP contribution in [0, 0.1) is 10.8 Å². The highest BCUT2D eigenvalue weighted by molar-refractivity contribution is 9.12. The summed E-state index contributed by atoms with van der Waals surface area (Å²) in [5.74, 6) is 1.86. The largest absolute Gasteiger partial charge is 0.315 e. The summed E-state index contributed by atoms with van der Waals surface area (Å²) < 4.78 is 0. The van der Waals surface area contributed by atoms with Gasteiger partial charge in [-0.3, -0.25) is 4.79 Å². The zero-order valence-electron chi connectivity index (χ0n) is 6.34. The molecule has 5 heteroatoms. The monoisotopic (exact) mass is 258 g/mol. The fourth-order valence-electron chi connectivity index (χ4n) is 0.685. The average molecular weight is 259 g/mol. The summed E-state index contributed by atoms with van der Waals surface area (Å²) in [4.78, 5) is 17.0. The predicted octanol–water partition coefficient (Wildman–Crippen LogP) is 2.03. The van der Waals surface area contributed by atoms with Gasteiger partial charge in [-0.1, -0.05) is 11.6 Å². The van der Waals surface area contributed by atoms with E-state index in [0.717, 1.165) is 0 Å². The van der Waals surface area contributed by atoms with Crippen LogP contribution in [0.2, 0.25) is 5.15 Å². The van der Waals surface area contributed by atoms with Crippen LogP contribution < -0.4 is 5.32 Å². The molecule has 1 aromatic rings. The molecule has 0 aromatic carbocycles. The Morgan fingerprint density at radius 2 is 2.46 bits per heavy atom. The SMILES string of the molecule is O=C(C#CBr)Nc1ccnc(Cl)c1. The minimum atomic E-state index is -0.404. The standard InChI is InChI=1S/C8H4BrClN2O/c9-3-1-8(13)12-6-2-4-11-7(10)5-6/h2,4-5H,(H,11,12,13). The number of halogens is 2. The predicted molar refractivity (Wildman–Crippen MR) is 54.6 cm³/mol. The van der Waals surface area contributed by atoms with E-state index in [1.165, 1.54) is 12.3 Å². The van der Waals surface area contributed by atoms with E-state index in [2.05, 4.69) is 37.0 Å². The van der Waals surface area contributed by atoms with Crippen molar-refractivity contribution >= 4 is 39.1 Å². The van der Waals surface area contributed by atoms with E-state index in [1.54, 1.807) is 6.07 Å². The van der Waals surface area contributed by atoms with Crippen LogP contribution in [-0.4, -0.2) is 10.9 Å². The molecule has 0 fully saturated rings. The van der Waals surface area contributed by atoms with E-state index in [9.17, 15) is 4.79 Å². The Balaban J connectivity index is 2.73. The molecule has 1 aromatic heterocycles. The van der Waals surface area contributed by atoms with Gasteiger partial charge in [0.05, 0.1) is 0 Å². The number of nitrogens with one attached hydrogen (secondary N) is 1. The second kappa shape index (κ2) is 4.85. The maximum Gasteiger partial charge on any atom is 0.301 e. The molecule has 0 aliphatic rings. The average Bonchev–Trinajstić information content (AvgIpc) is 2.04. The van der Waals surface area contributed by atoms with Crippen molar-refractivity contribution in [2.75, 3.05) is 5.32 Å². The summed E-state index contributed by atoms with van der Waals surface area (Å²) in [5, 5.41) is 2.84. The van der Waals surface area contributed by atoms with Gasteiger partial charge in [0.15, 0.2) is 0 Å². The van der Waals surface area contributed by atoms with Crippen LogP contribution in [0.15, 0.2) is 18.3 Å². The molecule has 1 heterocycles. The first-order valence-electron chi connectivity index (χ1n) is 3.26. The highest BCUT2D eigenvalue weighted by atomic mass is 79.9. The van der Waals surface area contributed by atoms with Crippen molar-refractivity contribution in [3.05, 3.63) is 23.5 Å². The third-order valence-electron chi connectivity index (χ3n) is 1.15. The molecule has 0 atom stereocenters. The molecule has 0 bridgehead atoms. The van der Waals surface area contributed by atoms with Crippen molar-refractivity contribution < 1.29 is 4.79 Å². The fourth-order valence-corrected chi connectivity index (χ4v) is 1.04. The molecule has 66 valence electrons. The molecule has 1 rings (SSSR count). The van der Waals surface area contributed by atoms with Gasteiger partial charge < -0.3 is 5.32 Å². The number of nitrogens with zero attached hydrogens (tertiary/aromatic N) is 1. The Morgan fingerprint density at radius 3 is 3.08 bits per heavy atom. The molecule has 1 N–H and O–H groups in total. The number of carbonyl (C=O) groups is 1. The van der Waals surface area contributed by atoms with Crippen LogP contribution >= 0.6 is 27.5 Å². The van der Waals surface area contributed by atoms with Gasteiger partial charge in [-0.05, 0) is 17.0 Å². The van der Waals surface area contributed by atoms with Gasteiger partial charge in [-0.2, -0.15) is 0 Å². The molecule has 0 aliphatic heterocycles. The summed E-state index contributed by atoms with van der Waals surface area (Å²) in [6, 6.07) is 3.16. The van der Waals surface area contributed by atoms with Crippen molar-refractivity contribution in [1.82, 2.24) is 4.98 Å². The van der Waals surface area contributed by atoms with Crippen molar-refractivity contribution in [3.8, 4) is 10.8 Å². The molecule has 0 aliphatic carbocycles. The topological polar surface area (TPSA) is 42.0 Å². The normalized spacial score (nSPS) is 8.46. The fraction of sp³-hybridized carbons (Fsp3) is 0. The first-order valence-corrected chi connectivity index (χ1v) is 4.43. The lowest BCUT2D eigenvalue weighted by molar-refractivity contribution is -0.111. The minimum Gasteiger partial charge on any atom is -0.315 e. The lowest BCUT2D eigenvalue weighted by atomic mass is 10.4. The zero-order chi connectivity index (χ0) is 9.68. The van der Waals surface area contributed by atoms with Gasteiger partial charge in [0.25, 0.3) is 0 Å². The van der Waals surface area contributed by atoms with Gasteiger partial charge in [-0.25, -0.2) is 4.98 Å². The van der Waals surface area contributed by atoms with Crippen LogP contribution in [0.4, 0.5) is 5.69 Å². The summed E-state index contributed by atoms with van der Waals surface area (Å²) in [6.45, 7) is 0. The van der Waals surface area contributed by atoms with Crippen LogP contribution in [0.3, 0.4) is 0 Å². The Bertz CT molecular complexity index is 383. The quantitative estimate of drug-likeness (QED) is 0.619. The van der Waals surface area contributed by atoms with E-state index in [4.69, 9.17) is 11.6 Å². The molecule has 1 amide bonds. The van der Waals surface area contributed by atoms with E-state index < -0.39 is 5.91 Å². The van der Waals surface area contributed by atoms with Crippen LogP contribution in [0.1, 0.15) is 0 Å². The van der Waals surface area contributed by atoms with Gasteiger partial charge in [-0.15, -0.1) is 0 Å². The molecule has 0 unspecified atom stereocenters. The lowest BCUT2D eigenvalue weighted by Gasteiger charge is -1.99. The molecule has 0 saturated carbocycles. The van der Waals surface area contributed by atoms with E-state index in [1.807, 2.05) is 0 Å². The number of aromatic nitrogens is 1. The second-order valence-electron chi connectivity index (χ2n) is 2.04. The molecule has 0 saturated heterocycles. The maximum absolute atomic E-state index is 10.9. The lowest BCUT2D eigenvalue weighted by Crippen LogP contribution is -2.08. The Morgan fingerprint density at radius 1 is 1.69 bits per heavy atom. The smallest absolute Gasteiger partial charge is 0.301 e. The van der Waals surface area contributed by atoms with Crippen molar-refractivity contribution in [2.45, 2.75) is 0 Å². The van der Waals surface area contributed by atoms with Gasteiger partial charge >= 0.3 is 5.91 Å². The highest BCUT2D eigenvalue weighted by Crippen LogP contribution is 2.11. The Hall–Kier alpha value is -1.05. The first-order chi connectivity index (χ1) is 6.22. The van der Waals surface area contributed by atoms with Crippen LogP contribution in [-0.2, 0) is 4.79 Å². The van der Waals surface area contributed by atoms with Crippen molar-refractivity contribution in [1.29, 1.82) is 0 Å². The number of anilines is 1. The third-order valence-corrected chi connectivity index (χ3v) is 1.55. The van der Waals surface area contributed by atoms with Gasteiger partial charge in [0, 0.05) is 33.7 Å². The number of hydrogen-bond donors (Lipinski definition) is 1. The third kappa shape index (κ3) is 3.45. The second-order valence-corrected chi connectivity index (χ2v) is 2.82. The van der Waals surface area contributed by atoms with Crippen LogP contribution in [0.5, 0.6) is 0 Å². The van der Waals surface area contributed by atoms with Gasteiger partial charge in [0.2, 0.25) is 0 Å². The van der Waals surface area contributed by atoms with E-state index in [0.29, 0.717) is 10.8 Å². The number of carbonyl (C=O) groups excluding carboxylic acids is 1. The molecule has 13 heavy (non-hydrogen) atoms. The Labute approximate surface area is 88.6 Å². The number of hydrogen-bond acceptors (Lipinski definition) is 2. The summed E-state index contributed by atoms with van der Waals surface area (Å²) >= 11 is 8.42. The van der Waals surface area contributed by atoms with Crippen molar-refractivity contribution in [3.63, 3.8) is 0 Å². The van der Waals surface area contributed by atoms with Gasteiger partial charge in [0.1, 0.15) is 5.15 Å². The van der Waals surface area contributed by atoms with E-state index in [-0.39, 0.29) is 0 Å². The maximum atomic E-state index is 10.9. The molecule has 0 radical (unpaired) electrons. The summed E-state index contributed by atoms with van der Waals surface area (Å²) in [5.41, 5.74) is 0.570. The molecular formula is C8H4BrClN2O.